The molecule has 2 heterocycles. The molecule has 20 heavy (non-hydrogen) atoms. The lowest BCUT2D eigenvalue weighted by Crippen LogP contribution is -2.47. The second kappa shape index (κ2) is 5.62. The van der Waals surface area contributed by atoms with E-state index in [-0.39, 0.29) is 16.2 Å². The molecular weight excluding hydrogens is 260 g/mol. The molecule has 2 rings (SSSR count). The zero-order valence-corrected chi connectivity index (χ0v) is 12.0. The monoisotopic (exact) mass is 280 g/mol. The average Bonchev–Trinajstić information content (AvgIpc) is 2.46. The van der Waals surface area contributed by atoms with Crippen LogP contribution in [0.25, 0.3) is 0 Å². The van der Waals surface area contributed by atoms with Gasteiger partial charge in [-0.1, -0.05) is 0 Å². The molecule has 0 saturated carbocycles. The lowest BCUT2D eigenvalue weighted by atomic mass is 9.94. The first kappa shape index (κ1) is 14.5. The molecule has 1 unspecified atom stereocenters. The van der Waals surface area contributed by atoms with Crippen LogP contribution in [0.3, 0.4) is 0 Å². The number of aromatic nitrogens is 1. The summed E-state index contributed by atoms with van der Waals surface area (Å²) >= 11 is 0. The lowest BCUT2D eigenvalue weighted by molar-refractivity contribution is -0.384. The molecule has 110 valence electrons. The summed E-state index contributed by atoms with van der Waals surface area (Å²) in [6.45, 7) is 3.37. The minimum atomic E-state index is -0.388. The molecule has 1 aromatic rings. The van der Waals surface area contributed by atoms with Crippen molar-refractivity contribution in [3.05, 3.63) is 22.2 Å². The number of ether oxygens (including phenoxy) is 1. The van der Waals surface area contributed by atoms with Gasteiger partial charge in [0, 0.05) is 33.3 Å². The van der Waals surface area contributed by atoms with E-state index in [0.29, 0.717) is 18.2 Å². The summed E-state index contributed by atoms with van der Waals surface area (Å²) in [7, 11) is 3.42. The highest BCUT2D eigenvalue weighted by Crippen LogP contribution is 2.33. The standard InChI is InChI=1S/C13H20N4O3/c1-13(20-3)7-4-8-16(9-13)12-10(17(18)19)5-6-11(14-2)15-12/h5-6H,4,7-9H2,1-3H3,(H,14,15). The Kier molecular flexibility index (Phi) is 4.08. The smallest absolute Gasteiger partial charge is 0.311 e. The Hall–Kier alpha value is -1.89. The Morgan fingerprint density at radius 1 is 1.55 bits per heavy atom. The Morgan fingerprint density at radius 2 is 2.30 bits per heavy atom. The maximum atomic E-state index is 11.2. The molecule has 7 nitrogen and oxygen atoms in total. The number of methoxy groups -OCH3 is 1. The average molecular weight is 280 g/mol. The Bertz CT molecular complexity index is 508. The van der Waals surface area contributed by atoms with Gasteiger partial charge in [-0.05, 0) is 25.8 Å². The molecule has 0 aliphatic carbocycles. The number of nitro groups is 1. The highest BCUT2D eigenvalue weighted by atomic mass is 16.6. The van der Waals surface area contributed by atoms with Crippen molar-refractivity contribution in [3.8, 4) is 0 Å². The van der Waals surface area contributed by atoms with E-state index >= 15 is 0 Å². The fraction of sp³-hybridized carbons (Fsp3) is 0.615. The molecule has 1 fully saturated rings. The topological polar surface area (TPSA) is 80.5 Å². The van der Waals surface area contributed by atoms with Gasteiger partial charge >= 0.3 is 5.69 Å². The maximum absolute atomic E-state index is 11.2. The van der Waals surface area contributed by atoms with Gasteiger partial charge in [0.2, 0.25) is 5.82 Å². The molecule has 7 heteroatoms. The minimum absolute atomic E-state index is 0.0318. The first-order chi connectivity index (χ1) is 9.49. The van der Waals surface area contributed by atoms with Gasteiger partial charge in [0.15, 0.2) is 0 Å². The van der Waals surface area contributed by atoms with Gasteiger partial charge in [-0.15, -0.1) is 0 Å². The van der Waals surface area contributed by atoms with Crippen molar-refractivity contribution >= 4 is 17.3 Å². The molecule has 0 bridgehead atoms. The number of piperidine rings is 1. The van der Waals surface area contributed by atoms with Crippen LogP contribution in [-0.2, 0) is 4.74 Å². The van der Waals surface area contributed by atoms with E-state index in [4.69, 9.17) is 4.74 Å². The first-order valence-electron chi connectivity index (χ1n) is 6.62. The van der Waals surface area contributed by atoms with Crippen LogP contribution in [0.2, 0.25) is 0 Å². The molecule has 1 atom stereocenters. The van der Waals surface area contributed by atoms with Gasteiger partial charge < -0.3 is 15.0 Å². The van der Waals surface area contributed by atoms with Crippen LogP contribution in [0.4, 0.5) is 17.3 Å². The van der Waals surface area contributed by atoms with Crippen LogP contribution in [0.5, 0.6) is 0 Å². The van der Waals surface area contributed by atoms with E-state index in [1.165, 1.54) is 6.07 Å². The number of nitrogens with zero attached hydrogens (tertiary/aromatic N) is 3. The zero-order chi connectivity index (χ0) is 14.8. The number of hydrogen-bond acceptors (Lipinski definition) is 6. The van der Waals surface area contributed by atoms with Gasteiger partial charge in [0.25, 0.3) is 0 Å². The highest BCUT2D eigenvalue weighted by Gasteiger charge is 2.34. The summed E-state index contributed by atoms with van der Waals surface area (Å²) in [6.07, 6.45) is 1.87. The predicted octanol–water partition coefficient (Wildman–Crippen LogP) is 2.04. The van der Waals surface area contributed by atoms with E-state index in [1.54, 1.807) is 20.2 Å². The van der Waals surface area contributed by atoms with Crippen molar-refractivity contribution in [3.63, 3.8) is 0 Å². The van der Waals surface area contributed by atoms with Gasteiger partial charge in [-0.25, -0.2) is 4.98 Å². The number of pyridine rings is 1. The Morgan fingerprint density at radius 3 is 2.90 bits per heavy atom. The largest absolute Gasteiger partial charge is 0.377 e. The fourth-order valence-electron chi connectivity index (χ4n) is 2.51. The molecule has 1 aromatic heterocycles. The molecule has 1 aliphatic rings. The fourth-order valence-corrected chi connectivity index (χ4v) is 2.51. The molecule has 1 saturated heterocycles. The second-order valence-corrected chi connectivity index (χ2v) is 5.23. The van der Waals surface area contributed by atoms with Crippen molar-refractivity contribution in [2.24, 2.45) is 0 Å². The molecule has 0 amide bonds. The van der Waals surface area contributed by atoms with Crippen LogP contribution in [0.15, 0.2) is 12.1 Å². The number of hydrogen-bond donors (Lipinski definition) is 1. The summed E-state index contributed by atoms with van der Waals surface area (Å²) in [5.41, 5.74) is -0.256. The first-order valence-corrected chi connectivity index (χ1v) is 6.62. The van der Waals surface area contributed by atoms with Crippen LogP contribution in [0, 0.1) is 10.1 Å². The van der Waals surface area contributed by atoms with Gasteiger partial charge in [-0.2, -0.15) is 0 Å². The van der Waals surface area contributed by atoms with Crippen molar-refractivity contribution in [1.29, 1.82) is 0 Å². The summed E-state index contributed by atoms with van der Waals surface area (Å²) in [5, 5.41) is 14.1. The molecule has 0 spiro atoms. The molecule has 0 aromatic carbocycles. The molecule has 1 N–H and O–H groups in total. The quantitative estimate of drug-likeness (QED) is 0.671. The Balaban J connectivity index is 2.37. The van der Waals surface area contributed by atoms with E-state index in [1.807, 2.05) is 11.8 Å². The zero-order valence-electron chi connectivity index (χ0n) is 12.0. The lowest BCUT2D eigenvalue weighted by Gasteiger charge is -2.39. The maximum Gasteiger partial charge on any atom is 0.311 e. The number of anilines is 2. The number of rotatable bonds is 4. The summed E-state index contributed by atoms with van der Waals surface area (Å²) in [6, 6.07) is 3.11. The molecule has 0 radical (unpaired) electrons. The summed E-state index contributed by atoms with van der Waals surface area (Å²) < 4.78 is 5.53. The van der Waals surface area contributed by atoms with Gasteiger partial charge in [0.05, 0.1) is 10.5 Å². The van der Waals surface area contributed by atoms with E-state index < -0.39 is 0 Å². The predicted molar refractivity (Wildman–Crippen MR) is 77.3 cm³/mol. The van der Waals surface area contributed by atoms with Crippen molar-refractivity contribution < 1.29 is 9.66 Å². The molecular formula is C13H20N4O3. The van der Waals surface area contributed by atoms with E-state index in [0.717, 1.165) is 19.4 Å². The second-order valence-electron chi connectivity index (χ2n) is 5.23. The third-order valence-electron chi connectivity index (χ3n) is 3.76. The van der Waals surface area contributed by atoms with Crippen LogP contribution in [-0.4, -0.2) is 42.8 Å². The van der Waals surface area contributed by atoms with Crippen molar-refractivity contribution in [2.75, 3.05) is 37.5 Å². The Labute approximate surface area is 118 Å². The van der Waals surface area contributed by atoms with Crippen LogP contribution in [0.1, 0.15) is 19.8 Å². The third-order valence-corrected chi connectivity index (χ3v) is 3.76. The van der Waals surface area contributed by atoms with Crippen molar-refractivity contribution in [2.45, 2.75) is 25.4 Å². The third kappa shape index (κ3) is 2.82. The summed E-state index contributed by atoms with van der Waals surface area (Å²) in [4.78, 5) is 17.1. The van der Waals surface area contributed by atoms with E-state index in [2.05, 4.69) is 10.3 Å². The van der Waals surface area contributed by atoms with Crippen molar-refractivity contribution in [1.82, 2.24) is 4.98 Å². The van der Waals surface area contributed by atoms with Gasteiger partial charge in [0.1, 0.15) is 5.82 Å². The highest BCUT2D eigenvalue weighted by molar-refractivity contribution is 5.62. The van der Waals surface area contributed by atoms with E-state index in [9.17, 15) is 10.1 Å². The normalized spacial score (nSPS) is 22.6. The van der Waals surface area contributed by atoms with Gasteiger partial charge in [-0.3, -0.25) is 10.1 Å². The molecule has 1 aliphatic heterocycles. The number of nitrogens with one attached hydrogen (secondary N) is 1. The van der Waals surface area contributed by atoms with Crippen LogP contribution >= 0.6 is 0 Å². The SMILES string of the molecule is CNc1ccc([N+](=O)[O-])c(N2CCCC(C)(OC)C2)n1. The summed E-state index contributed by atoms with van der Waals surface area (Å²) in [5.74, 6) is 1.03. The van der Waals surface area contributed by atoms with Crippen LogP contribution < -0.4 is 10.2 Å². The minimum Gasteiger partial charge on any atom is -0.377 e.